The van der Waals surface area contributed by atoms with Gasteiger partial charge in [0.1, 0.15) is 5.54 Å². The number of nitrogens with zero attached hydrogens (tertiary/aromatic N) is 1. The predicted molar refractivity (Wildman–Crippen MR) is 66.1 cm³/mol. The number of nitrogens with one attached hydrogen (secondary N) is 1. The SMILES string of the molecule is N#CC1(NC(=O)CC2CCCC2)CCCCC1. The van der Waals surface area contributed by atoms with Crippen LogP contribution in [0.15, 0.2) is 0 Å². The van der Waals surface area contributed by atoms with Crippen LogP contribution in [0.2, 0.25) is 0 Å². The number of hydrogen-bond acceptors (Lipinski definition) is 2. The molecule has 0 atom stereocenters. The van der Waals surface area contributed by atoms with Crippen molar-refractivity contribution < 1.29 is 4.79 Å². The molecule has 3 heteroatoms. The standard InChI is InChI=1S/C14H22N2O/c15-11-14(8-4-1-5-9-14)16-13(17)10-12-6-2-3-7-12/h12H,1-10H2,(H,16,17). The maximum absolute atomic E-state index is 12.0. The van der Waals surface area contributed by atoms with Crippen molar-refractivity contribution in [3.8, 4) is 6.07 Å². The van der Waals surface area contributed by atoms with Crippen LogP contribution in [0.25, 0.3) is 0 Å². The van der Waals surface area contributed by atoms with Crippen LogP contribution in [-0.4, -0.2) is 11.4 Å². The first-order valence-corrected chi connectivity index (χ1v) is 6.96. The zero-order chi connectivity index (χ0) is 12.1. The van der Waals surface area contributed by atoms with E-state index in [9.17, 15) is 10.1 Å². The lowest BCUT2D eigenvalue weighted by Crippen LogP contribution is -2.48. The summed E-state index contributed by atoms with van der Waals surface area (Å²) in [4.78, 5) is 12.0. The molecule has 1 N–H and O–H groups in total. The lowest BCUT2D eigenvalue weighted by atomic mass is 9.82. The summed E-state index contributed by atoms with van der Waals surface area (Å²) in [5, 5.41) is 12.3. The van der Waals surface area contributed by atoms with E-state index in [1.807, 2.05) is 0 Å². The van der Waals surface area contributed by atoms with Gasteiger partial charge in [0.2, 0.25) is 5.91 Å². The Balaban J connectivity index is 1.85. The first-order chi connectivity index (χ1) is 8.24. The number of carbonyl (C=O) groups is 1. The second-order valence-electron chi connectivity index (χ2n) is 5.66. The Hall–Kier alpha value is -1.04. The second kappa shape index (κ2) is 5.53. The van der Waals surface area contributed by atoms with Gasteiger partial charge in [-0.3, -0.25) is 4.79 Å². The highest BCUT2D eigenvalue weighted by Crippen LogP contribution is 2.30. The summed E-state index contributed by atoms with van der Waals surface area (Å²) < 4.78 is 0. The fraction of sp³-hybridized carbons (Fsp3) is 0.857. The highest BCUT2D eigenvalue weighted by atomic mass is 16.1. The van der Waals surface area contributed by atoms with Crippen molar-refractivity contribution in [3.63, 3.8) is 0 Å². The van der Waals surface area contributed by atoms with Crippen LogP contribution in [0.4, 0.5) is 0 Å². The largest absolute Gasteiger partial charge is 0.338 e. The molecule has 17 heavy (non-hydrogen) atoms. The van der Waals surface area contributed by atoms with Crippen molar-refractivity contribution in [2.75, 3.05) is 0 Å². The molecule has 0 aliphatic heterocycles. The summed E-state index contributed by atoms with van der Waals surface area (Å²) in [6.45, 7) is 0. The molecule has 0 spiro atoms. The molecule has 0 bridgehead atoms. The Kier molecular flexibility index (Phi) is 4.04. The van der Waals surface area contributed by atoms with E-state index in [-0.39, 0.29) is 5.91 Å². The summed E-state index contributed by atoms with van der Waals surface area (Å²) in [6.07, 6.45) is 10.5. The molecule has 0 aromatic heterocycles. The average Bonchev–Trinajstić information content (AvgIpc) is 2.83. The number of hydrogen-bond donors (Lipinski definition) is 1. The summed E-state index contributed by atoms with van der Waals surface area (Å²) in [6, 6.07) is 2.34. The minimum Gasteiger partial charge on any atom is -0.338 e. The maximum Gasteiger partial charge on any atom is 0.221 e. The molecule has 2 rings (SSSR count). The molecule has 0 saturated heterocycles. The van der Waals surface area contributed by atoms with E-state index in [0.29, 0.717) is 12.3 Å². The molecular formula is C14H22N2O. The number of amides is 1. The van der Waals surface area contributed by atoms with Crippen LogP contribution >= 0.6 is 0 Å². The highest BCUT2D eigenvalue weighted by molar-refractivity contribution is 5.77. The molecule has 0 heterocycles. The van der Waals surface area contributed by atoms with Crippen LogP contribution < -0.4 is 5.32 Å². The predicted octanol–water partition coefficient (Wildman–Crippen LogP) is 2.91. The number of carbonyl (C=O) groups excluding carboxylic acids is 1. The molecule has 1 amide bonds. The molecule has 94 valence electrons. The minimum atomic E-state index is -0.548. The van der Waals surface area contributed by atoms with Crippen molar-refractivity contribution in [1.82, 2.24) is 5.32 Å². The molecule has 0 unspecified atom stereocenters. The van der Waals surface area contributed by atoms with E-state index >= 15 is 0 Å². The zero-order valence-corrected chi connectivity index (χ0v) is 10.5. The molecule has 2 aliphatic carbocycles. The Morgan fingerprint density at radius 3 is 2.41 bits per heavy atom. The Morgan fingerprint density at radius 2 is 1.82 bits per heavy atom. The quantitative estimate of drug-likeness (QED) is 0.816. The number of rotatable bonds is 3. The lowest BCUT2D eigenvalue weighted by Gasteiger charge is -2.31. The van der Waals surface area contributed by atoms with Crippen molar-refractivity contribution in [1.29, 1.82) is 5.26 Å². The Bertz CT molecular complexity index is 307. The zero-order valence-electron chi connectivity index (χ0n) is 10.5. The van der Waals surface area contributed by atoms with Gasteiger partial charge in [-0.15, -0.1) is 0 Å². The summed E-state index contributed by atoms with van der Waals surface area (Å²) in [5.41, 5.74) is -0.548. The summed E-state index contributed by atoms with van der Waals surface area (Å²) >= 11 is 0. The third-order valence-electron chi connectivity index (χ3n) is 4.25. The molecule has 0 radical (unpaired) electrons. The van der Waals surface area contributed by atoms with E-state index in [2.05, 4.69) is 11.4 Å². The van der Waals surface area contributed by atoms with Gasteiger partial charge in [-0.25, -0.2) is 0 Å². The third kappa shape index (κ3) is 3.21. The van der Waals surface area contributed by atoms with Gasteiger partial charge in [-0.05, 0) is 31.6 Å². The topological polar surface area (TPSA) is 52.9 Å². The highest BCUT2D eigenvalue weighted by Gasteiger charge is 2.34. The van der Waals surface area contributed by atoms with Gasteiger partial charge in [0.05, 0.1) is 6.07 Å². The van der Waals surface area contributed by atoms with Crippen LogP contribution in [-0.2, 0) is 4.79 Å². The van der Waals surface area contributed by atoms with Crippen molar-refractivity contribution >= 4 is 5.91 Å². The first kappa shape index (κ1) is 12.4. The van der Waals surface area contributed by atoms with Crippen molar-refractivity contribution in [2.24, 2.45) is 5.92 Å². The van der Waals surface area contributed by atoms with Crippen LogP contribution in [0.1, 0.15) is 64.2 Å². The van der Waals surface area contributed by atoms with Gasteiger partial charge in [0, 0.05) is 6.42 Å². The number of nitriles is 1. The van der Waals surface area contributed by atoms with E-state index in [1.54, 1.807) is 0 Å². The molecular weight excluding hydrogens is 212 g/mol. The summed E-state index contributed by atoms with van der Waals surface area (Å²) in [7, 11) is 0. The average molecular weight is 234 g/mol. The van der Waals surface area contributed by atoms with Gasteiger partial charge < -0.3 is 5.32 Å². The molecule has 2 aliphatic rings. The van der Waals surface area contributed by atoms with Gasteiger partial charge in [-0.2, -0.15) is 5.26 Å². The summed E-state index contributed by atoms with van der Waals surface area (Å²) in [5.74, 6) is 0.662. The normalized spacial score (nSPS) is 24.2. The maximum atomic E-state index is 12.0. The van der Waals surface area contributed by atoms with Crippen LogP contribution in [0.3, 0.4) is 0 Å². The van der Waals surface area contributed by atoms with Gasteiger partial charge in [0.25, 0.3) is 0 Å². The van der Waals surface area contributed by atoms with E-state index in [4.69, 9.17) is 0 Å². The lowest BCUT2D eigenvalue weighted by molar-refractivity contribution is -0.123. The molecule has 0 aromatic rings. The second-order valence-corrected chi connectivity index (χ2v) is 5.66. The van der Waals surface area contributed by atoms with Crippen molar-refractivity contribution in [3.05, 3.63) is 0 Å². The van der Waals surface area contributed by atoms with Crippen molar-refractivity contribution in [2.45, 2.75) is 69.7 Å². The van der Waals surface area contributed by atoms with Gasteiger partial charge in [0.15, 0.2) is 0 Å². The first-order valence-electron chi connectivity index (χ1n) is 6.96. The molecule has 2 saturated carbocycles. The van der Waals surface area contributed by atoms with Gasteiger partial charge >= 0.3 is 0 Å². The fourth-order valence-corrected chi connectivity index (χ4v) is 3.21. The molecule has 3 nitrogen and oxygen atoms in total. The Morgan fingerprint density at radius 1 is 1.18 bits per heavy atom. The molecule has 0 aromatic carbocycles. The van der Waals surface area contributed by atoms with E-state index in [0.717, 1.165) is 25.7 Å². The monoisotopic (exact) mass is 234 g/mol. The van der Waals surface area contributed by atoms with Crippen LogP contribution in [0.5, 0.6) is 0 Å². The van der Waals surface area contributed by atoms with Gasteiger partial charge in [-0.1, -0.05) is 32.1 Å². The van der Waals surface area contributed by atoms with E-state index < -0.39 is 5.54 Å². The smallest absolute Gasteiger partial charge is 0.221 e. The fourth-order valence-electron chi connectivity index (χ4n) is 3.21. The minimum absolute atomic E-state index is 0.0975. The Labute approximate surface area is 104 Å². The van der Waals surface area contributed by atoms with E-state index in [1.165, 1.54) is 32.1 Å². The third-order valence-corrected chi connectivity index (χ3v) is 4.25. The molecule has 2 fully saturated rings. The van der Waals surface area contributed by atoms with Crippen LogP contribution in [0, 0.1) is 17.2 Å².